The number of halogens is 2. The van der Waals surface area contributed by atoms with Crippen molar-refractivity contribution >= 4 is 30.8 Å². The first kappa shape index (κ1) is 14.2. The van der Waals surface area contributed by atoms with E-state index in [1.807, 2.05) is 6.92 Å². The third-order valence-corrected chi connectivity index (χ3v) is 2.31. The van der Waals surface area contributed by atoms with Crippen molar-refractivity contribution in [2.45, 2.75) is 25.4 Å². The first-order valence-corrected chi connectivity index (χ1v) is 4.17. The zero-order chi connectivity index (χ0) is 9.42. The van der Waals surface area contributed by atoms with Crippen molar-refractivity contribution in [2.75, 3.05) is 0 Å². The number of carbonyl (C=O) groups is 1. The van der Waals surface area contributed by atoms with Crippen molar-refractivity contribution in [2.24, 2.45) is 0 Å². The molecular formula is C8H12Cl2N3O2-. The Balaban J connectivity index is 0.000000980. The van der Waals surface area contributed by atoms with Gasteiger partial charge in [-0.05, 0) is 6.92 Å². The number of imidazole rings is 1. The molecule has 0 bridgehead atoms. The van der Waals surface area contributed by atoms with Crippen LogP contribution in [0.5, 0.6) is 0 Å². The molecule has 1 unspecified atom stereocenters. The predicted octanol–water partition coefficient (Wildman–Crippen LogP) is -0.421. The summed E-state index contributed by atoms with van der Waals surface area (Å²) in [6.45, 7) is 1.88. The molecule has 1 aliphatic rings. The Hall–Kier alpha value is -0.780. The normalized spacial score (nSPS) is 23.3. The maximum atomic E-state index is 10.6. The highest BCUT2D eigenvalue weighted by atomic mass is 35.5. The van der Waals surface area contributed by atoms with E-state index < -0.39 is 12.0 Å². The largest absolute Gasteiger partial charge is 0.548 e. The van der Waals surface area contributed by atoms with E-state index in [-0.39, 0.29) is 30.9 Å². The van der Waals surface area contributed by atoms with E-state index in [9.17, 15) is 9.90 Å². The van der Waals surface area contributed by atoms with Crippen LogP contribution in [0.2, 0.25) is 0 Å². The second kappa shape index (κ2) is 5.34. The Labute approximate surface area is 99.5 Å². The van der Waals surface area contributed by atoms with Crippen molar-refractivity contribution in [3.63, 3.8) is 0 Å². The predicted molar refractivity (Wildman–Crippen MR) is 57.1 cm³/mol. The molecule has 1 aromatic rings. The van der Waals surface area contributed by atoms with Crippen LogP contribution in [0.3, 0.4) is 0 Å². The van der Waals surface area contributed by atoms with Crippen LogP contribution in [0, 0.1) is 0 Å². The number of hydrogen-bond donors (Lipinski definition) is 2. The number of carboxylic acid groups (broad SMARTS) is 1. The molecule has 7 heteroatoms. The third-order valence-electron chi connectivity index (χ3n) is 2.31. The lowest BCUT2D eigenvalue weighted by Gasteiger charge is -2.28. The Morgan fingerprint density at radius 2 is 2.27 bits per heavy atom. The van der Waals surface area contributed by atoms with Crippen LogP contribution >= 0.6 is 24.8 Å². The Kier molecular flexibility index (Phi) is 5.07. The number of aliphatic carboxylic acids is 1. The molecule has 2 rings (SSSR count). The van der Waals surface area contributed by atoms with Crippen LogP contribution < -0.4 is 10.4 Å². The standard InChI is InChI=1S/C8H11N3O2.2ClH/c1-4-7-5(9-3-10-7)2-6(11-4)8(12)13;;/h3-4,6,11H,2H2,1H3,(H,9,10)(H,12,13);2*1H/p-1/t4?,6-;;/m0../s1. The highest BCUT2D eigenvalue weighted by Crippen LogP contribution is 2.20. The monoisotopic (exact) mass is 252 g/mol. The van der Waals surface area contributed by atoms with Crippen LogP contribution in [0.15, 0.2) is 6.33 Å². The van der Waals surface area contributed by atoms with Gasteiger partial charge in [0.2, 0.25) is 0 Å². The summed E-state index contributed by atoms with van der Waals surface area (Å²) in [5, 5.41) is 13.5. The fourth-order valence-electron chi connectivity index (χ4n) is 1.66. The number of hydrogen-bond acceptors (Lipinski definition) is 4. The molecule has 2 N–H and O–H groups in total. The molecular weight excluding hydrogens is 241 g/mol. The zero-order valence-electron chi connectivity index (χ0n) is 8.02. The average molecular weight is 253 g/mol. The number of rotatable bonds is 1. The summed E-state index contributed by atoms with van der Waals surface area (Å²) < 4.78 is 0. The number of carbonyl (C=O) groups excluding carboxylic acids is 1. The first-order chi connectivity index (χ1) is 6.18. The summed E-state index contributed by atoms with van der Waals surface area (Å²) in [5.74, 6) is -1.06. The van der Waals surface area contributed by atoms with E-state index in [0.29, 0.717) is 6.42 Å². The van der Waals surface area contributed by atoms with Gasteiger partial charge in [-0.2, -0.15) is 0 Å². The fourth-order valence-corrected chi connectivity index (χ4v) is 1.66. The minimum absolute atomic E-state index is 0. The molecule has 2 heterocycles. The molecule has 2 atom stereocenters. The van der Waals surface area contributed by atoms with Crippen molar-refractivity contribution in [3.05, 3.63) is 17.7 Å². The molecule has 0 fully saturated rings. The lowest BCUT2D eigenvalue weighted by atomic mass is 10.0. The van der Waals surface area contributed by atoms with E-state index in [1.165, 1.54) is 0 Å². The van der Waals surface area contributed by atoms with Gasteiger partial charge in [-0.15, -0.1) is 24.8 Å². The molecule has 86 valence electrons. The van der Waals surface area contributed by atoms with Gasteiger partial charge in [-0.3, -0.25) is 0 Å². The Bertz CT molecular complexity index is 342. The molecule has 0 spiro atoms. The number of aromatic nitrogens is 2. The average Bonchev–Trinajstić information content (AvgIpc) is 2.51. The molecule has 0 radical (unpaired) electrons. The summed E-state index contributed by atoms with van der Waals surface area (Å²) in [6, 6.07) is -0.638. The van der Waals surface area contributed by atoms with Crippen LogP contribution in [-0.4, -0.2) is 22.0 Å². The van der Waals surface area contributed by atoms with Crippen LogP contribution in [0.4, 0.5) is 0 Å². The summed E-state index contributed by atoms with van der Waals surface area (Å²) >= 11 is 0. The van der Waals surface area contributed by atoms with Crippen LogP contribution in [-0.2, 0) is 11.2 Å². The topological polar surface area (TPSA) is 80.8 Å². The van der Waals surface area contributed by atoms with Crippen LogP contribution in [0.25, 0.3) is 0 Å². The Morgan fingerprint density at radius 1 is 1.60 bits per heavy atom. The van der Waals surface area contributed by atoms with Gasteiger partial charge in [0, 0.05) is 18.2 Å². The number of carboxylic acids is 1. The molecule has 15 heavy (non-hydrogen) atoms. The lowest BCUT2D eigenvalue weighted by molar-refractivity contribution is -0.308. The van der Waals surface area contributed by atoms with Gasteiger partial charge in [-0.1, -0.05) is 0 Å². The molecule has 1 aromatic heterocycles. The maximum absolute atomic E-state index is 10.6. The number of nitrogens with one attached hydrogen (secondary N) is 2. The van der Waals surface area contributed by atoms with Gasteiger partial charge in [0.05, 0.1) is 24.0 Å². The Morgan fingerprint density at radius 3 is 2.87 bits per heavy atom. The maximum Gasteiger partial charge on any atom is 0.0925 e. The molecule has 5 nitrogen and oxygen atoms in total. The molecule has 0 saturated heterocycles. The van der Waals surface area contributed by atoms with Crippen LogP contribution in [0.1, 0.15) is 24.4 Å². The summed E-state index contributed by atoms with van der Waals surface area (Å²) in [4.78, 5) is 17.7. The van der Waals surface area contributed by atoms with Gasteiger partial charge in [0.15, 0.2) is 0 Å². The second-order valence-electron chi connectivity index (χ2n) is 3.23. The third kappa shape index (κ3) is 2.62. The molecule has 0 amide bonds. The lowest BCUT2D eigenvalue weighted by Crippen LogP contribution is -2.50. The number of fused-ring (bicyclic) bond motifs is 1. The summed E-state index contributed by atoms with van der Waals surface area (Å²) in [7, 11) is 0. The van der Waals surface area contributed by atoms with E-state index in [1.54, 1.807) is 6.33 Å². The SMILES string of the molecule is CC1N[C@H](C(=O)[O-])Cc2[nH]cnc21.Cl.Cl. The highest BCUT2D eigenvalue weighted by molar-refractivity contribution is 5.85. The second-order valence-corrected chi connectivity index (χ2v) is 3.23. The van der Waals surface area contributed by atoms with Crippen molar-refractivity contribution < 1.29 is 9.90 Å². The first-order valence-electron chi connectivity index (χ1n) is 4.17. The van der Waals surface area contributed by atoms with Crippen molar-refractivity contribution in [3.8, 4) is 0 Å². The summed E-state index contributed by atoms with van der Waals surface area (Å²) in [6.07, 6.45) is 2.00. The van der Waals surface area contributed by atoms with Gasteiger partial charge >= 0.3 is 0 Å². The van der Waals surface area contributed by atoms with E-state index in [0.717, 1.165) is 11.4 Å². The molecule has 1 aliphatic heterocycles. The molecule has 0 aliphatic carbocycles. The van der Waals surface area contributed by atoms with E-state index in [4.69, 9.17) is 0 Å². The number of nitrogens with zero attached hydrogens (tertiary/aromatic N) is 1. The van der Waals surface area contributed by atoms with E-state index >= 15 is 0 Å². The van der Waals surface area contributed by atoms with Crippen molar-refractivity contribution in [1.82, 2.24) is 15.3 Å². The molecule has 0 saturated carbocycles. The van der Waals surface area contributed by atoms with Gasteiger partial charge in [-0.25, -0.2) is 4.98 Å². The number of H-pyrrole nitrogens is 1. The minimum Gasteiger partial charge on any atom is -0.548 e. The number of aromatic amines is 1. The van der Waals surface area contributed by atoms with Gasteiger partial charge < -0.3 is 20.2 Å². The van der Waals surface area contributed by atoms with Gasteiger partial charge in [0.25, 0.3) is 0 Å². The fraction of sp³-hybridized carbons (Fsp3) is 0.500. The van der Waals surface area contributed by atoms with Gasteiger partial charge in [0.1, 0.15) is 0 Å². The minimum atomic E-state index is -1.06. The highest BCUT2D eigenvalue weighted by Gasteiger charge is 2.25. The molecule has 0 aromatic carbocycles. The smallest absolute Gasteiger partial charge is 0.0925 e. The van der Waals surface area contributed by atoms with E-state index in [2.05, 4.69) is 15.3 Å². The zero-order valence-corrected chi connectivity index (χ0v) is 9.65. The van der Waals surface area contributed by atoms with Crippen molar-refractivity contribution in [1.29, 1.82) is 0 Å². The quantitative estimate of drug-likeness (QED) is 0.712. The summed E-state index contributed by atoms with van der Waals surface area (Å²) in [5.41, 5.74) is 1.79.